The minimum Gasteiger partial charge on any atom is -0.465 e. The van der Waals surface area contributed by atoms with Gasteiger partial charge in [-0.05, 0) is 60.5 Å². The van der Waals surface area contributed by atoms with Gasteiger partial charge in [0.05, 0.1) is 36.2 Å². The van der Waals surface area contributed by atoms with Crippen LogP contribution in [0.3, 0.4) is 0 Å². The summed E-state index contributed by atoms with van der Waals surface area (Å²) in [6, 6.07) is 18.4. The molecule has 0 radical (unpaired) electrons. The minimum atomic E-state index is -3.51. The van der Waals surface area contributed by atoms with Crippen LogP contribution in [0.25, 0.3) is 0 Å². The van der Waals surface area contributed by atoms with Crippen LogP contribution in [-0.4, -0.2) is 33.7 Å². The maximum absolute atomic E-state index is 12.6. The number of carbonyl (C=O) groups excluding carboxylic acids is 2. The number of rotatable bonds is 7. The lowest BCUT2D eigenvalue weighted by Crippen LogP contribution is -2.29. The molecule has 7 nitrogen and oxygen atoms in total. The van der Waals surface area contributed by atoms with Gasteiger partial charge in [0, 0.05) is 11.3 Å². The highest BCUT2D eigenvalue weighted by Crippen LogP contribution is 2.23. The van der Waals surface area contributed by atoms with Gasteiger partial charge in [-0.3, -0.25) is 9.10 Å². The van der Waals surface area contributed by atoms with E-state index in [9.17, 15) is 18.0 Å². The fourth-order valence-electron chi connectivity index (χ4n) is 3.18. The number of hydrogen-bond acceptors (Lipinski definition) is 5. The second kappa shape index (κ2) is 10.1. The van der Waals surface area contributed by atoms with E-state index in [0.29, 0.717) is 16.9 Å². The van der Waals surface area contributed by atoms with Crippen LogP contribution in [-0.2, 0) is 21.3 Å². The van der Waals surface area contributed by atoms with Gasteiger partial charge in [-0.2, -0.15) is 0 Å². The average molecular weight is 487 g/mol. The number of carbonyl (C=O) groups is 2. The highest BCUT2D eigenvalue weighted by atomic mass is 35.5. The van der Waals surface area contributed by atoms with E-state index in [1.54, 1.807) is 48.5 Å². The van der Waals surface area contributed by atoms with Crippen molar-refractivity contribution in [3.05, 3.63) is 94.0 Å². The van der Waals surface area contributed by atoms with E-state index >= 15 is 0 Å². The molecule has 0 aliphatic heterocycles. The fourth-order valence-corrected chi connectivity index (χ4v) is 4.26. The third-order valence-electron chi connectivity index (χ3n) is 4.86. The number of aryl methyl sites for hydroxylation is 1. The molecule has 3 rings (SSSR count). The Bertz CT molecular complexity index is 1290. The van der Waals surface area contributed by atoms with E-state index in [2.05, 4.69) is 10.1 Å². The van der Waals surface area contributed by atoms with Crippen LogP contribution >= 0.6 is 11.6 Å². The van der Waals surface area contributed by atoms with Gasteiger partial charge in [0.15, 0.2) is 0 Å². The van der Waals surface area contributed by atoms with E-state index in [4.69, 9.17) is 11.6 Å². The molecule has 0 unspecified atom stereocenters. The Morgan fingerprint density at radius 3 is 2.33 bits per heavy atom. The molecule has 1 amide bonds. The maximum atomic E-state index is 12.6. The van der Waals surface area contributed by atoms with Gasteiger partial charge in [-0.15, -0.1) is 0 Å². The normalized spacial score (nSPS) is 11.0. The zero-order valence-corrected chi connectivity index (χ0v) is 19.9. The molecule has 0 spiro atoms. The predicted octanol–water partition coefficient (Wildman–Crippen LogP) is 4.65. The summed E-state index contributed by atoms with van der Waals surface area (Å²) in [4.78, 5) is 24.4. The summed E-state index contributed by atoms with van der Waals surface area (Å²) < 4.78 is 30.7. The fraction of sp³-hybridized carbons (Fsp3) is 0.167. The van der Waals surface area contributed by atoms with Crippen LogP contribution < -0.4 is 9.62 Å². The van der Waals surface area contributed by atoms with Crippen molar-refractivity contribution in [2.45, 2.75) is 13.5 Å². The van der Waals surface area contributed by atoms with Crippen LogP contribution in [0, 0.1) is 6.92 Å². The number of hydrogen-bond donors (Lipinski definition) is 1. The third kappa shape index (κ3) is 6.12. The summed E-state index contributed by atoms with van der Waals surface area (Å²) in [5.74, 6) is -0.997. The minimum absolute atomic E-state index is 0.129. The summed E-state index contributed by atoms with van der Waals surface area (Å²) >= 11 is 6.01. The van der Waals surface area contributed by atoms with E-state index in [1.807, 2.05) is 13.0 Å². The maximum Gasteiger partial charge on any atom is 0.339 e. The van der Waals surface area contributed by atoms with Gasteiger partial charge in [-0.1, -0.05) is 35.9 Å². The number of methoxy groups -OCH3 is 1. The first kappa shape index (κ1) is 24.3. The highest BCUT2D eigenvalue weighted by molar-refractivity contribution is 7.92. The van der Waals surface area contributed by atoms with Crippen molar-refractivity contribution in [1.82, 2.24) is 0 Å². The number of sulfonamides is 1. The van der Waals surface area contributed by atoms with Gasteiger partial charge in [0.1, 0.15) is 0 Å². The van der Waals surface area contributed by atoms with Crippen LogP contribution in [0.1, 0.15) is 31.8 Å². The molecule has 0 aromatic heterocycles. The molecule has 0 bridgehead atoms. The lowest BCUT2D eigenvalue weighted by molar-refractivity contribution is 0.0600. The van der Waals surface area contributed by atoms with Gasteiger partial charge >= 0.3 is 5.97 Å². The quantitative estimate of drug-likeness (QED) is 0.490. The monoisotopic (exact) mass is 486 g/mol. The molecule has 0 aliphatic rings. The van der Waals surface area contributed by atoms with Gasteiger partial charge in [-0.25, -0.2) is 13.2 Å². The molecule has 3 aromatic carbocycles. The molecule has 172 valence electrons. The molecular formula is C24H23ClN2O5S. The van der Waals surface area contributed by atoms with Crippen LogP contribution in [0.4, 0.5) is 11.4 Å². The van der Waals surface area contributed by atoms with E-state index in [0.717, 1.165) is 17.4 Å². The molecule has 0 saturated carbocycles. The van der Waals surface area contributed by atoms with Crippen molar-refractivity contribution >= 4 is 44.9 Å². The van der Waals surface area contributed by atoms with Crippen molar-refractivity contribution in [2.24, 2.45) is 0 Å². The number of anilines is 2. The Hall–Kier alpha value is -3.36. The number of nitrogens with zero attached hydrogens (tertiary/aromatic N) is 1. The topological polar surface area (TPSA) is 92.8 Å². The summed E-state index contributed by atoms with van der Waals surface area (Å²) in [7, 11) is -2.27. The number of ether oxygens (including phenoxy) is 1. The van der Waals surface area contributed by atoms with Crippen molar-refractivity contribution < 1.29 is 22.7 Å². The second-order valence-electron chi connectivity index (χ2n) is 7.45. The largest absolute Gasteiger partial charge is 0.465 e. The van der Waals surface area contributed by atoms with E-state index in [-0.39, 0.29) is 17.1 Å². The molecular weight excluding hydrogens is 464 g/mol. The van der Waals surface area contributed by atoms with Crippen molar-refractivity contribution in [2.75, 3.05) is 23.0 Å². The number of amides is 1. The molecule has 0 saturated heterocycles. The molecule has 0 aliphatic carbocycles. The molecule has 9 heteroatoms. The summed E-state index contributed by atoms with van der Waals surface area (Å²) in [6.07, 6.45) is 1.16. The van der Waals surface area contributed by atoms with Crippen LogP contribution in [0.2, 0.25) is 5.02 Å². The van der Waals surface area contributed by atoms with E-state index in [1.165, 1.54) is 23.5 Å². The molecule has 33 heavy (non-hydrogen) atoms. The van der Waals surface area contributed by atoms with Crippen molar-refractivity contribution in [3.63, 3.8) is 0 Å². The summed E-state index contributed by atoms with van der Waals surface area (Å²) in [5, 5.41) is 2.93. The van der Waals surface area contributed by atoms with Gasteiger partial charge in [0.2, 0.25) is 10.0 Å². The van der Waals surface area contributed by atoms with Gasteiger partial charge < -0.3 is 10.1 Å². The Morgan fingerprint density at radius 2 is 1.73 bits per heavy atom. The summed E-state index contributed by atoms with van der Waals surface area (Å²) in [5.41, 5.74) is 3.14. The van der Waals surface area contributed by atoms with Crippen molar-refractivity contribution in [1.29, 1.82) is 0 Å². The third-order valence-corrected chi connectivity index (χ3v) is 6.33. The predicted molar refractivity (Wildman–Crippen MR) is 129 cm³/mol. The Kier molecular flexibility index (Phi) is 7.40. The first-order valence-corrected chi connectivity index (χ1v) is 12.1. The Morgan fingerprint density at radius 1 is 1.03 bits per heavy atom. The molecule has 1 N–H and O–H groups in total. The number of halogens is 1. The second-order valence-corrected chi connectivity index (χ2v) is 9.76. The lowest BCUT2D eigenvalue weighted by Gasteiger charge is -2.23. The molecule has 0 atom stereocenters. The first-order chi connectivity index (χ1) is 15.6. The molecule has 3 aromatic rings. The smallest absolute Gasteiger partial charge is 0.339 e. The zero-order chi connectivity index (χ0) is 24.2. The molecule has 0 fully saturated rings. The highest BCUT2D eigenvalue weighted by Gasteiger charge is 2.18. The number of nitrogens with one attached hydrogen (secondary N) is 1. The number of esters is 1. The summed E-state index contributed by atoms with van der Waals surface area (Å²) in [6.45, 7) is 2.02. The Labute approximate surface area is 198 Å². The Balaban J connectivity index is 1.77. The first-order valence-electron chi connectivity index (χ1n) is 9.91. The van der Waals surface area contributed by atoms with Crippen LogP contribution in [0.5, 0.6) is 0 Å². The number of benzene rings is 3. The van der Waals surface area contributed by atoms with Gasteiger partial charge in [0.25, 0.3) is 5.91 Å². The lowest BCUT2D eigenvalue weighted by atomic mass is 10.1. The van der Waals surface area contributed by atoms with Crippen LogP contribution in [0.15, 0.2) is 66.7 Å². The SMILES string of the molecule is COC(=O)c1cc(NC(=O)c2ccc(CN(c3cccc(C)c3)S(C)(=O)=O)cc2)ccc1Cl. The average Bonchev–Trinajstić information content (AvgIpc) is 2.77. The van der Waals surface area contributed by atoms with Crippen molar-refractivity contribution in [3.8, 4) is 0 Å². The standard InChI is InChI=1S/C24H23ClN2O5S/c1-16-5-4-6-20(13-16)27(33(3,30)31)15-17-7-9-18(10-8-17)23(28)26-19-11-12-22(25)21(14-19)24(29)32-2/h4-14H,15H2,1-3H3,(H,26,28). The zero-order valence-electron chi connectivity index (χ0n) is 18.3. The molecule has 0 heterocycles. The van der Waals surface area contributed by atoms with E-state index < -0.39 is 21.9 Å².